The maximum absolute atomic E-state index is 12.1. The van der Waals surface area contributed by atoms with E-state index in [1.165, 1.54) is 11.1 Å². The molecule has 2 heterocycles. The molecule has 0 aromatic heterocycles. The van der Waals surface area contributed by atoms with Crippen LogP contribution in [0.25, 0.3) is 0 Å². The molecule has 0 bridgehead atoms. The van der Waals surface area contributed by atoms with Crippen LogP contribution in [0, 0.1) is 0 Å². The Morgan fingerprint density at radius 1 is 1.00 bits per heavy atom. The van der Waals surface area contributed by atoms with E-state index in [-0.39, 0.29) is 11.0 Å². The van der Waals surface area contributed by atoms with Crippen LogP contribution in [0.3, 0.4) is 0 Å². The molecule has 0 N–H and O–H groups in total. The highest BCUT2D eigenvalue weighted by Gasteiger charge is 2.41. The number of likely N-dealkylation sites (N-methyl/N-ethyl adjacent to an activating group) is 1. The van der Waals surface area contributed by atoms with E-state index in [1.807, 2.05) is 11.9 Å². The maximum Gasteiger partial charge on any atom is 0.222 e. The summed E-state index contributed by atoms with van der Waals surface area (Å²) in [7, 11) is 4.18. The van der Waals surface area contributed by atoms with Gasteiger partial charge in [-0.25, -0.2) is 0 Å². The van der Waals surface area contributed by atoms with E-state index >= 15 is 0 Å². The Balaban J connectivity index is 1.69. The zero-order chi connectivity index (χ0) is 18.9. The van der Waals surface area contributed by atoms with Crippen LogP contribution >= 0.6 is 0 Å². The lowest BCUT2D eigenvalue weighted by atomic mass is 9.85. The first-order chi connectivity index (χ1) is 12.2. The monoisotopic (exact) mass is 357 g/mol. The van der Waals surface area contributed by atoms with Crippen LogP contribution in [-0.4, -0.2) is 66.4 Å². The van der Waals surface area contributed by atoms with Crippen molar-refractivity contribution in [3.05, 3.63) is 35.4 Å². The number of hydrogen-bond acceptors (Lipinski definition) is 3. The van der Waals surface area contributed by atoms with Gasteiger partial charge in [0.2, 0.25) is 5.91 Å². The molecule has 1 atom stereocenters. The second kappa shape index (κ2) is 7.32. The van der Waals surface area contributed by atoms with Crippen molar-refractivity contribution in [2.24, 2.45) is 0 Å². The standard InChI is InChI=1S/C22H35N3O/c1-21(2,3)19-8-6-18(7-9-19)16-25-15-14-24(5)22(17-25)11-10-20(26)23(4)13-12-22/h6-9H,10-17H2,1-5H3. The van der Waals surface area contributed by atoms with Gasteiger partial charge in [0.05, 0.1) is 0 Å². The van der Waals surface area contributed by atoms with E-state index in [0.29, 0.717) is 12.3 Å². The fourth-order valence-corrected chi connectivity index (χ4v) is 4.34. The number of piperazine rings is 1. The highest BCUT2D eigenvalue weighted by atomic mass is 16.2. The molecule has 0 saturated carbocycles. The summed E-state index contributed by atoms with van der Waals surface area (Å²) in [6, 6.07) is 9.13. The third-order valence-corrected chi connectivity index (χ3v) is 6.45. The minimum atomic E-state index is 0.143. The summed E-state index contributed by atoms with van der Waals surface area (Å²) in [5.74, 6) is 0.296. The Morgan fingerprint density at radius 2 is 1.69 bits per heavy atom. The minimum absolute atomic E-state index is 0.143. The van der Waals surface area contributed by atoms with Crippen molar-refractivity contribution in [1.29, 1.82) is 0 Å². The second-order valence-corrected chi connectivity index (χ2v) is 9.37. The zero-order valence-corrected chi connectivity index (χ0v) is 17.2. The lowest BCUT2D eigenvalue weighted by Crippen LogP contribution is -2.60. The Kier molecular flexibility index (Phi) is 5.45. The number of benzene rings is 1. The molecule has 1 unspecified atom stereocenters. The highest BCUT2D eigenvalue weighted by Crippen LogP contribution is 2.32. The van der Waals surface area contributed by atoms with Crippen molar-refractivity contribution in [2.75, 3.05) is 40.3 Å². The molecule has 144 valence electrons. The number of amides is 1. The molecule has 2 fully saturated rings. The van der Waals surface area contributed by atoms with Gasteiger partial charge in [-0.2, -0.15) is 0 Å². The Hall–Kier alpha value is -1.39. The van der Waals surface area contributed by atoms with E-state index in [9.17, 15) is 4.79 Å². The van der Waals surface area contributed by atoms with Crippen LogP contribution in [0.1, 0.15) is 51.2 Å². The average Bonchev–Trinajstić information content (AvgIpc) is 2.73. The molecule has 1 aromatic rings. The number of rotatable bonds is 2. The topological polar surface area (TPSA) is 26.8 Å². The van der Waals surface area contributed by atoms with Crippen LogP contribution in [0.2, 0.25) is 0 Å². The smallest absolute Gasteiger partial charge is 0.222 e. The minimum Gasteiger partial charge on any atom is -0.346 e. The van der Waals surface area contributed by atoms with Crippen molar-refractivity contribution in [3.63, 3.8) is 0 Å². The first-order valence-electron chi connectivity index (χ1n) is 9.97. The average molecular weight is 358 g/mol. The molecular weight excluding hydrogens is 322 g/mol. The molecule has 0 radical (unpaired) electrons. The van der Waals surface area contributed by atoms with Gasteiger partial charge in [-0.1, -0.05) is 45.0 Å². The Labute approximate surface area is 159 Å². The van der Waals surface area contributed by atoms with Gasteiger partial charge in [0.25, 0.3) is 0 Å². The Morgan fingerprint density at radius 3 is 2.35 bits per heavy atom. The summed E-state index contributed by atoms with van der Waals surface area (Å²) in [6.45, 7) is 11.9. The number of nitrogens with zero attached hydrogens (tertiary/aromatic N) is 3. The van der Waals surface area contributed by atoms with Crippen molar-refractivity contribution < 1.29 is 4.79 Å². The summed E-state index contributed by atoms with van der Waals surface area (Å²) in [6.07, 6.45) is 2.73. The summed E-state index contributed by atoms with van der Waals surface area (Å²) >= 11 is 0. The third kappa shape index (κ3) is 4.12. The van der Waals surface area contributed by atoms with E-state index in [2.05, 4.69) is 61.9 Å². The van der Waals surface area contributed by atoms with Crippen LogP contribution in [0.4, 0.5) is 0 Å². The molecule has 1 aromatic carbocycles. The van der Waals surface area contributed by atoms with Crippen LogP contribution in [-0.2, 0) is 16.8 Å². The molecule has 2 aliphatic rings. The van der Waals surface area contributed by atoms with E-state index in [1.54, 1.807) is 0 Å². The lowest BCUT2D eigenvalue weighted by molar-refractivity contribution is -0.129. The van der Waals surface area contributed by atoms with Gasteiger partial charge < -0.3 is 4.90 Å². The summed E-state index contributed by atoms with van der Waals surface area (Å²) < 4.78 is 0. The number of carbonyl (C=O) groups excluding carboxylic acids is 1. The number of hydrogen-bond donors (Lipinski definition) is 0. The Bertz CT molecular complexity index is 634. The molecule has 2 saturated heterocycles. The van der Waals surface area contributed by atoms with Crippen molar-refractivity contribution in [1.82, 2.24) is 14.7 Å². The van der Waals surface area contributed by atoms with Gasteiger partial charge in [0.15, 0.2) is 0 Å². The third-order valence-electron chi connectivity index (χ3n) is 6.45. The molecule has 4 heteroatoms. The van der Waals surface area contributed by atoms with Crippen LogP contribution < -0.4 is 0 Å². The quantitative estimate of drug-likeness (QED) is 0.814. The maximum atomic E-state index is 12.1. The SMILES string of the molecule is CN1CCC2(CCC1=O)CN(Cc1ccc(C(C)(C)C)cc1)CCN2C. The van der Waals surface area contributed by atoms with E-state index < -0.39 is 0 Å². The first kappa shape index (κ1) is 19.4. The lowest BCUT2D eigenvalue weighted by Gasteiger charge is -2.49. The van der Waals surface area contributed by atoms with Gasteiger partial charge >= 0.3 is 0 Å². The predicted molar refractivity (Wildman–Crippen MR) is 107 cm³/mol. The zero-order valence-electron chi connectivity index (χ0n) is 17.2. The molecule has 4 nitrogen and oxygen atoms in total. The van der Waals surface area contributed by atoms with Gasteiger partial charge in [-0.3, -0.25) is 14.6 Å². The van der Waals surface area contributed by atoms with Crippen molar-refractivity contribution in [2.45, 2.75) is 57.5 Å². The molecule has 26 heavy (non-hydrogen) atoms. The second-order valence-electron chi connectivity index (χ2n) is 9.37. The molecular formula is C22H35N3O. The van der Waals surface area contributed by atoms with Crippen LogP contribution in [0.15, 0.2) is 24.3 Å². The molecule has 3 rings (SSSR count). The van der Waals surface area contributed by atoms with Gasteiger partial charge in [-0.15, -0.1) is 0 Å². The summed E-state index contributed by atoms with van der Waals surface area (Å²) in [4.78, 5) is 19.1. The fourth-order valence-electron chi connectivity index (χ4n) is 4.34. The van der Waals surface area contributed by atoms with Crippen molar-refractivity contribution >= 4 is 5.91 Å². The largest absolute Gasteiger partial charge is 0.346 e. The first-order valence-corrected chi connectivity index (χ1v) is 9.97. The summed E-state index contributed by atoms with van der Waals surface area (Å²) in [5, 5.41) is 0. The molecule has 2 aliphatic heterocycles. The van der Waals surface area contributed by atoms with E-state index in [0.717, 1.165) is 45.6 Å². The van der Waals surface area contributed by atoms with Crippen molar-refractivity contribution in [3.8, 4) is 0 Å². The predicted octanol–water partition coefficient (Wildman–Crippen LogP) is 3.11. The van der Waals surface area contributed by atoms with Crippen LogP contribution in [0.5, 0.6) is 0 Å². The molecule has 1 spiro atoms. The van der Waals surface area contributed by atoms with Gasteiger partial charge in [0, 0.05) is 51.7 Å². The van der Waals surface area contributed by atoms with Gasteiger partial charge in [-0.05, 0) is 36.4 Å². The normalized spacial score (nSPS) is 26.3. The molecule has 0 aliphatic carbocycles. The number of likely N-dealkylation sites (tertiary alicyclic amines) is 1. The number of carbonyl (C=O) groups is 1. The highest BCUT2D eigenvalue weighted by molar-refractivity contribution is 5.76. The summed E-state index contributed by atoms with van der Waals surface area (Å²) in [5.41, 5.74) is 3.13. The van der Waals surface area contributed by atoms with E-state index in [4.69, 9.17) is 0 Å². The van der Waals surface area contributed by atoms with Gasteiger partial charge in [0.1, 0.15) is 0 Å². The molecule has 1 amide bonds. The fraction of sp³-hybridized carbons (Fsp3) is 0.682.